The second-order valence-electron chi connectivity index (χ2n) is 8.88. The second kappa shape index (κ2) is 10.2. The van der Waals surface area contributed by atoms with E-state index in [1.165, 1.54) is 6.08 Å². The van der Waals surface area contributed by atoms with Crippen LogP contribution in [0.2, 0.25) is 0 Å². The molecule has 3 heterocycles. The number of rotatable bonds is 8. The number of H-pyrrole nitrogens is 1. The van der Waals surface area contributed by atoms with Gasteiger partial charge >= 0.3 is 0 Å². The van der Waals surface area contributed by atoms with Crippen molar-refractivity contribution in [1.82, 2.24) is 25.1 Å². The van der Waals surface area contributed by atoms with Crippen molar-refractivity contribution in [2.75, 3.05) is 50.6 Å². The fourth-order valence-electron chi connectivity index (χ4n) is 4.40. The van der Waals surface area contributed by atoms with E-state index >= 15 is 0 Å². The summed E-state index contributed by atoms with van der Waals surface area (Å²) in [5.41, 5.74) is 5.04. The van der Waals surface area contributed by atoms with Crippen molar-refractivity contribution in [2.45, 2.75) is 6.42 Å². The normalized spacial score (nSPS) is 14.1. The van der Waals surface area contributed by atoms with E-state index in [1.807, 2.05) is 36.4 Å². The van der Waals surface area contributed by atoms with E-state index in [-0.39, 0.29) is 5.78 Å². The van der Waals surface area contributed by atoms with Gasteiger partial charge in [-0.3, -0.25) is 9.89 Å². The van der Waals surface area contributed by atoms with Crippen molar-refractivity contribution < 1.29 is 9.53 Å². The number of aromatic amines is 1. The molecule has 36 heavy (non-hydrogen) atoms. The number of ketones is 1. The second-order valence-corrected chi connectivity index (χ2v) is 8.88. The molecule has 0 bridgehead atoms. The summed E-state index contributed by atoms with van der Waals surface area (Å²) in [7, 11) is 3.83. The van der Waals surface area contributed by atoms with Crippen LogP contribution in [0.4, 0.5) is 17.3 Å². The molecule has 5 rings (SSSR count). The molecule has 0 spiro atoms. The predicted octanol–water partition coefficient (Wildman–Crippen LogP) is 3.82. The number of benzene rings is 2. The van der Waals surface area contributed by atoms with Gasteiger partial charge in [-0.1, -0.05) is 24.8 Å². The number of hydrogen-bond acceptors (Lipinski definition) is 8. The van der Waals surface area contributed by atoms with Crippen molar-refractivity contribution in [1.29, 1.82) is 0 Å². The number of carbonyl (C=O) groups is 1. The minimum Gasteiger partial charge on any atom is -0.495 e. The van der Waals surface area contributed by atoms with Gasteiger partial charge in [-0.15, -0.1) is 0 Å². The summed E-state index contributed by atoms with van der Waals surface area (Å²) in [4.78, 5) is 26.0. The molecule has 0 saturated carbocycles. The molecule has 4 aromatic rings. The van der Waals surface area contributed by atoms with Gasteiger partial charge in [-0.2, -0.15) is 10.1 Å². The van der Waals surface area contributed by atoms with Crippen molar-refractivity contribution in [2.24, 2.45) is 0 Å². The number of carbonyl (C=O) groups excluding carboxylic acids is 1. The quantitative estimate of drug-likeness (QED) is 0.365. The highest BCUT2D eigenvalue weighted by Crippen LogP contribution is 2.34. The van der Waals surface area contributed by atoms with Gasteiger partial charge < -0.3 is 19.9 Å². The van der Waals surface area contributed by atoms with Crippen LogP contribution in [-0.4, -0.2) is 71.2 Å². The number of anilines is 3. The number of nitrogens with zero attached hydrogens (tertiary/aromatic N) is 5. The number of piperazine rings is 1. The fourth-order valence-corrected chi connectivity index (χ4v) is 4.40. The summed E-state index contributed by atoms with van der Waals surface area (Å²) < 4.78 is 5.64. The molecule has 184 valence electrons. The SMILES string of the molecule is C=CC(=O)Cc1cccc(-c2nc(Nc3ccc(OC)c(N4CCN(C)CC4)c3)nc3[nH]ncc23)c1. The zero-order chi connectivity index (χ0) is 25.1. The molecule has 0 amide bonds. The number of likely N-dealkylation sites (N-methyl/N-ethyl adjacent to an activating group) is 1. The zero-order valence-electron chi connectivity index (χ0n) is 20.5. The zero-order valence-corrected chi connectivity index (χ0v) is 20.5. The Morgan fingerprint density at radius 2 is 2.00 bits per heavy atom. The van der Waals surface area contributed by atoms with Gasteiger partial charge in [0.2, 0.25) is 5.95 Å². The Labute approximate surface area is 209 Å². The van der Waals surface area contributed by atoms with E-state index in [2.05, 4.69) is 50.0 Å². The number of aromatic nitrogens is 4. The molecule has 1 aliphatic heterocycles. The van der Waals surface area contributed by atoms with Crippen LogP contribution in [0, 0.1) is 0 Å². The summed E-state index contributed by atoms with van der Waals surface area (Å²) in [6.45, 7) is 7.44. The number of fused-ring (bicyclic) bond motifs is 1. The van der Waals surface area contributed by atoms with Gasteiger partial charge in [-0.05, 0) is 43.0 Å². The van der Waals surface area contributed by atoms with Crippen molar-refractivity contribution in [3.05, 3.63) is 66.9 Å². The van der Waals surface area contributed by atoms with E-state index in [0.717, 1.165) is 65.5 Å². The first-order chi connectivity index (χ1) is 17.5. The number of nitrogens with one attached hydrogen (secondary N) is 2. The van der Waals surface area contributed by atoms with E-state index < -0.39 is 0 Å². The Bertz CT molecular complexity index is 1410. The minimum atomic E-state index is -0.0266. The highest BCUT2D eigenvalue weighted by Gasteiger charge is 2.19. The highest BCUT2D eigenvalue weighted by atomic mass is 16.5. The van der Waals surface area contributed by atoms with E-state index in [4.69, 9.17) is 9.72 Å². The van der Waals surface area contributed by atoms with Crippen molar-refractivity contribution in [3.63, 3.8) is 0 Å². The van der Waals surface area contributed by atoms with Gasteiger partial charge in [0.1, 0.15) is 5.75 Å². The molecule has 0 atom stereocenters. The topological polar surface area (TPSA) is 99.3 Å². The molecular formula is C27H29N7O2. The summed E-state index contributed by atoms with van der Waals surface area (Å²) >= 11 is 0. The van der Waals surface area contributed by atoms with Crippen LogP contribution >= 0.6 is 0 Å². The third-order valence-corrected chi connectivity index (χ3v) is 6.40. The lowest BCUT2D eigenvalue weighted by atomic mass is 10.0. The average molecular weight is 484 g/mol. The van der Waals surface area contributed by atoms with Crippen LogP contribution in [0.3, 0.4) is 0 Å². The third kappa shape index (κ3) is 4.92. The molecule has 0 aliphatic carbocycles. The van der Waals surface area contributed by atoms with Crippen LogP contribution in [0.15, 0.2) is 61.3 Å². The third-order valence-electron chi connectivity index (χ3n) is 6.40. The largest absolute Gasteiger partial charge is 0.495 e. The number of methoxy groups -OCH3 is 1. The molecule has 0 radical (unpaired) electrons. The monoisotopic (exact) mass is 483 g/mol. The average Bonchev–Trinajstić information content (AvgIpc) is 3.37. The van der Waals surface area contributed by atoms with Gasteiger partial charge in [0, 0.05) is 43.9 Å². The van der Waals surface area contributed by atoms with Crippen LogP contribution < -0.4 is 15.0 Å². The Hall–Kier alpha value is -4.24. The van der Waals surface area contributed by atoms with Gasteiger partial charge in [0.25, 0.3) is 0 Å². The maximum Gasteiger partial charge on any atom is 0.229 e. The number of allylic oxidation sites excluding steroid dienone is 1. The molecule has 0 unspecified atom stereocenters. The summed E-state index contributed by atoms with van der Waals surface area (Å²) in [5.74, 6) is 1.26. The highest BCUT2D eigenvalue weighted by molar-refractivity contribution is 5.93. The standard InChI is InChI=1S/C27H29N7O2/c1-4-21(35)15-18-6-5-7-19(14-18)25-22-17-28-32-26(22)31-27(30-25)29-20-8-9-24(36-3)23(16-20)34-12-10-33(2)11-13-34/h4-9,14,16-17H,1,10-13,15H2,2-3H3,(H2,28,29,30,31,32). The lowest BCUT2D eigenvalue weighted by Crippen LogP contribution is -2.44. The molecule has 1 aliphatic rings. The molecule has 2 aromatic heterocycles. The van der Waals surface area contributed by atoms with Crippen molar-refractivity contribution >= 4 is 34.1 Å². The molecule has 1 saturated heterocycles. The summed E-state index contributed by atoms with van der Waals surface area (Å²) in [6.07, 6.45) is 3.36. The van der Waals surface area contributed by atoms with Crippen LogP contribution in [0.25, 0.3) is 22.3 Å². The Morgan fingerprint density at radius 3 is 2.78 bits per heavy atom. The van der Waals surface area contributed by atoms with Gasteiger partial charge in [0.05, 0.1) is 30.1 Å². The molecule has 1 fully saturated rings. The maximum absolute atomic E-state index is 11.9. The number of hydrogen-bond donors (Lipinski definition) is 2. The Morgan fingerprint density at radius 1 is 1.17 bits per heavy atom. The first-order valence-electron chi connectivity index (χ1n) is 11.9. The minimum absolute atomic E-state index is 0.0266. The van der Waals surface area contributed by atoms with Crippen molar-refractivity contribution in [3.8, 4) is 17.0 Å². The lowest BCUT2D eigenvalue weighted by molar-refractivity contribution is -0.114. The van der Waals surface area contributed by atoms with E-state index in [9.17, 15) is 4.79 Å². The number of ether oxygens (including phenoxy) is 1. The summed E-state index contributed by atoms with van der Waals surface area (Å²) in [6, 6.07) is 13.8. The molecule has 9 nitrogen and oxygen atoms in total. The van der Waals surface area contributed by atoms with E-state index in [1.54, 1.807) is 13.3 Å². The molecule has 2 N–H and O–H groups in total. The smallest absolute Gasteiger partial charge is 0.229 e. The predicted molar refractivity (Wildman–Crippen MR) is 142 cm³/mol. The molecular weight excluding hydrogens is 454 g/mol. The van der Waals surface area contributed by atoms with Crippen LogP contribution in [0.1, 0.15) is 5.56 Å². The maximum atomic E-state index is 11.9. The van der Waals surface area contributed by atoms with E-state index in [0.29, 0.717) is 18.0 Å². The lowest BCUT2D eigenvalue weighted by Gasteiger charge is -2.34. The van der Waals surface area contributed by atoms with Crippen LogP contribution in [0.5, 0.6) is 5.75 Å². The Kier molecular flexibility index (Phi) is 6.64. The Balaban J connectivity index is 1.48. The fraction of sp³-hybridized carbons (Fsp3) is 0.259. The van der Waals surface area contributed by atoms with Crippen LogP contribution in [-0.2, 0) is 11.2 Å². The van der Waals surface area contributed by atoms with Gasteiger partial charge in [0.15, 0.2) is 11.4 Å². The molecule has 2 aromatic carbocycles. The van der Waals surface area contributed by atoms with Gasteiger partial charge in [-0.25, -0.2) is 4.98 Å². The molecule has 9 heteroatoms. The first kappa shape index (κ1) is 23.5. The summed E-state index contributed by atoms with van der Waals surface area (Å²) in [5, 5.41) is 11.3. The first-order valence-corrected chi connectivity index (χ1v) is 11.9.